The van der Waals surface area contributed by atoms with Crippen molar-refractivity contribution in [3.8, 4) is 11.4 Å². The highest BCUT2D eigenvalue weighted by Gasteiger charge is 2.12. The molecule has 1 heterocycles. The summed E-state index contributed by atoms with van der Waals surface area (Å²) in [6.07, 6.45) is 5.23. The third kappa shape index (κ3) is 5.49. The van der Waals surface area contributed by atoms with Crippen LogP contribution in [0.15, 0.2) is 96.4 Å². The van der Waals surface area contributed by atoms with Crippen molar-refractivity contribution in [2.75, 3.05) is 0 Å². The minimum absolute atomic E-state index is 0.274. The summed E-state index contributed by atoms with van der Waals surface area (Å²) in [7, 11) is 0. The molecule has 4 rings (SSSR count). The molecule has 0 atom stereocenters. The van der Waals surface area contributed by atoms with Crippen molar-refractivity contribution in [3.63, 3.8) is 0 Å². The first-order chi connectivity index (χ1) is 16.0. The second kappa shape index (κ2) is 10.2. The number of rotatable bonds is 6. The zero-order valence-corrected chi connectivity index (χ0v) is 18.6. The second-order valence-electron chi connectivity index (χ2n) is 6.89. The Hall–Kier alpha value is -3.87. The highest BCUT2D eigenvalue weighted by atomic mass is 35.5. The van der Waals surface area contributed by atoms with E-state index in [-0.39, 0.29) is 16.5 Å². The Morgan fingerprint density at radius 2 is 1.61 bits per heavy atom. The Morgan fingerprint density at radius 1 is 0.879 bits per heavy atom. The van der Waals surface area contributed by atoms with Gasteiger partial charge in [0.25, 0.3) is 5.91 Å². The van der Waals surface area contributed by atoms with Crippen LogP contribution < -0.4 is 10.2 Å². The van der Waals surface area contributed by atoms with Crippen molar-refractivity contribution < 1.29 is 14.3 Å². The van der Waals surface area contributed by atoms with Crippen LogP contribution in [-0.4, -0.2) is 22.7 Å². The number of benzene rings is 3. The molecule has 0 bridgehead atoms. The van der Waals surface area contributed by atoms with Gasteiger partial charge in [0.15, 0.2) is 0 Å². The monoisotopic (exact) mass is 477 g/mol. The molecule has 0 fully saturated rings. The number of carbonyl (C=O) groups excluding carboxylic acids is 2. The fourth-order valence-corrected chi connectivity index (χ4v) is 3.32. The lowest BCUT2D eigenvalue weighted by Gasteiger charge is -2.09. The van der Waals surface area contributed by atoms with E-state index >= 15 is 0 Å². The lowest BCUT2D eigenvalue weighted by molar-refractivity contribution is 0.0734. The van der Waals surface area contributed by atoms with E-state index < -0.39 is 5.97 Å². The van der Waals surface area contributed by atoms with Crippen molar-refractivity contribution in [2.24, 2.45) is 5.10 Å². The number of hydrazone groups is 1. The molecule has 0 aliphatic heterocycles. The Kier molecular flexibility index (Phi) is 6.88. The van der Waals surface area contributed by atoms with Crippen LogP contribution in [0.25, 0.3) is 5.69 Å². The van der Waals surface area contributed by atoms with E-state index in [0.29, 0.717) is 21.9 Å². The maximum Gasteiger partial charge on any atom is 0.343 e. The zero-order chi connectivity index (χ0) is 23.2. The molecule has 4 aromatic rings. The van der Waals surface area contributed by atoms with E-state index in [1.54, 1.807) is 36.4 Å². The summed E-state index contributed by atoms with van der Waals surface area (Å²) in [6.45, 7) is 0. The maximum atomic E-state index is 12.6. The summed E-state index contributed by atoms with van der Waals surface area (Å²) in [6, 6.07) is 22.2. The number of halogens is 2. The Morgan fingerprint density at radius 3 is 2.33 bits per heavy atom. The third-order valence-corrected chi connectivity index (χ3v) is 5.40. The van der Waals surface area contributed by atoms with Gasteiger partial charge in [0, 0.05) is 12.4 Å². The normalized spacial score (nSPS) is 10.8. The predicted octanol–water partition coefficient (Wildman–Crippen LogP) is 5.77. The SMILES string of the molecule is O=C(Oc1ccc(/C=N\NC(=O)c2ccccc2-n2cccc2)cc1)c1ccc(Cl)c(Cl)c1. The highest BCUT2D eigenvalue weighted by molar-refractivity contribution is 6.42. The maximum absolute atomic E-state index is 12.6. The van der Waals surface area contributed by atoms with Gasteiger partial charge in [-0.3, -0.25) is 4.79 Å². The molecule has 0 unspecified atom stereocenters. The first-order valence-corrected chi connectivity index (χ1v) is 10.6. The second-order valence-corrected chi connectivity index (χ2v) is 7.71. The van der Waals surface area contributed by atoms with Crippen LogP contribution in [0.5, 0.6) is 5.75 Å². The summed E-state index contributed by atoms with van der Waals surface area (Å²) in [5, 5.41) is 4.66. The number of para-hydroxylation sites is 1. The third-order valence-electron chi connectivity index (χ3n) is 4.66. The van der Waals surface area contributed by atoms with E-state index in [2.05, 4.69) is 10.5 Å². The van der Waals surface area contributed by atoms with Crippen LogP contribution >= 0.6 is 23.2 Å². The van der Waals surface area contributed by atoms with E-state index in [0.717, 1.165) is 5.69 Å². The average Bonchev–Trinajstić information content (AvgIpc) is 3.37. The van der Waals surface area contributed by atoms with E-state index in [1.165, 1.54) is 24.4 Å². The quantitative estimate of drug-likeness (QED) is 0.166. The fourth-order valence-electron chi connectivity index (χ4n) is 3.02. The van der Waals surface area contributed by atoms with Crippen LogP contribution in [0.3, 0.4) is 0 Å². The van der Waals surface area contributed by atoms with E-state index in [4.69, 9.17) is 27.9 Å². The minimum Gasteiger partial charge on any atom is -0.423 e. The molecule has 3 aromatic carbocycles. The topological polar surface area (TPSA) is 72.7 Å². The first-order valence-electron chi connectivity index (χ1n) is 9.84. The number of carbonyl (C=O) groups is 2. The molecular weight excluding hydrogens is 461 g/mol. The van der Waals surface area contributed by atoms with Crippen molar-refractivity contribution >= 4 is 41.3 Å². The van der Waals surface area contributed by atoms with Gasteiger partial charge in [0.05, 0.1) is 33.1 Å². The smallest absolute Gasteiger partial charge is 0.343 e. The van der Waals surface area contributed by atoms with Crippen LogP contribution in [0.4, 0.5) is 0 Å². The van der Waals surface area contributed by atoms with Crippen molar-refractivity contribution in [2.45, 2.75) is 0 Å². The Balaban J connectivity index is 1.37. The summed E-state index contributed by atoms with van der Waals surface area (Å²) in [5.74, 6) is -0.528. The molecule has 164 valence electrons. The minimum atomic E-state index is -0.552. The van der Waals surface area contributed by atoms with Gasteiger partial charge in [-0.05, 0) is 72.3 Å². The standard InChI is InChI=1S/C25H17Cl2N3O3/c26-21-12-9-18(15-22(21)27)25(32)33-19-10-7-17(8-11-19)16-28-29-24(31)20-5-1-2-6-23(20)30-13-3-4-14-30/h1-16H,(H,29,31)/b28-16-. The van der Waals surface area contributed by atoms with Gasteiger partial charge >= 0.3 is 5.97 Å². The summed E-state index contributed by atoms with van der Waals surface area (Å²) in [4.78, 5) is 24.9. The molecular formula is C25H17Cl2N3O3. The van der Waals surface area contributed by atoms with Crippen LogP contribution in [0.1, 0.15) is 26.3 Å². The van der Waals surface area contributed by atoms with Crippen LogP contribution in [-0.2, 0) is 0 Å². The van der Waals surface area contributed by atoms with Crippen LogP contribution in [0.2, 0.25) is 10.0 Å². The fraction of sp³-hybridized carbons (Fsp3) is 0. The van der Waals surface area contributed by atoms with Gasteiger partial charge in [-0.2, -0.15) is 5.10 Å². The van der Waals surface area contributed by atoms with Gasteiger partial charge in [-0.15, -0.1) is 0 Å². The molecule has 0 aliphatic rings. The molecule has 6 nitrogen and oxygen atoms in total. The van der Waals surface area contributed by atoms with Gasteiger partial charge in [0.2, 0.25) is 0 Å². The van der Waals surface area contributed by atoms with Crippen molar-refractivity contribution in [1.29, 1.82) is 0 Å². The number of nitrogens with one attached hydrogen (secondary N) is 1. The molecule has 0 saturated carbocycles. The van der Waals surface area contributed by atoms with Crippen molar-refractivity contribution in [1.82, 2.24) is 9.99 Å². The lowest BCUT2D eigenvalue weighted by Crippen LogP contribution is -2.19. The Bertz CT molecular complexity index is 1320. The molecule has 1 aromatic heterocycles. The number of hydrogen-bond acceptors (Lipinski definition) is 4. The molecule has 33 heavy (non-hydrogen) atoms. The average molecular weight is 478 g/mol. The number of aromatic nitrogens is 1. The summed E-state index contributed by atoms with van der Waals surface area (Å²) >= 11 is 11.8. The lowest BCUT2D eigenvalue weighted by atomic mass is 10.1. The van der Waals surface area contributed by atoms with Gasteiger partial charge in [-0.25, -0.2) is 10.2 Å². The van der Waals surface area contributed by atoms with Gasteiger partial charge in [-0.1, -0.05) is 35.3 Å². The highest BCUT2D eigenvalue weighted by Crippen LogP contribution is 2.23. The molecule has 1 N–H and O–H groups in total. The van der Waals surface area contributed by atoms with E-state index in [9.17, 15) is 9.59 Å². The number of hydrogen-bond donors (Lipinski definition) is 1. The molecule has 0 aliphatic carbocycles. The van der Waals surface area contributed by atoms with Gasteiger partial charge in [0.1, 0.15) is 5.75 Å². The Labute approximate surface area is 200 Å². The van der Waals surface area contributed by atoms with Crippen LogP contribution in [0, 0.1) is 0 Å². The molecule has 0 radical (unpaired) electrons. The molecule has 8 heteroatoms. The summed E-state index contributed by atoms with van der Waals surface area (Å²) < 4.78 is 7.20. The number of amides is 1. The molecule has 0 spiro atoms. The largest absolute Gasteiger partial charge is 0.423 e. The first kappa shape index (κ1) is 22.3. The zero-order valence-electron chi connectivity index (χ0n) is 17.1. The molecule has 0 saturated heterocycles. The van der Waals surface area contributed by atoms with Gasteiger partial charge < -0.3 is 9.30 Å². The number of ether oxygens (including phenoxy) is 1. The number of nitrogens with zero attached hydrogens (tertiary/aromatic N) is 2. The predicted molar refractivity (Wildman–Crippen MR) is 129 cm³/mol. The van der Waals surface area contributed by atoms with Crippen molar-refractivity contribution in [3.05, 3.63) is 118 Å². The molecule has 1 amide bonds. The summed E-state index contributed by atoms with van der Waals surface area (Å²) in [5.41, 5.74) is 4.79. The van der Waals surface area contributed by atoms with E-state index in [1.807, 2.05) is 41.2 Å². The number of esters is 1.